The first-order chi connectivity index (χ1) is 8.72. The number of hydrogen-bond donors (Lipinski definition) is 0. The van der Waals surface area contributed by atoms with E-state index in [0.29, 0.717) is 11.0 Å². The molecule has 92 valence electrons. The van der Waals surface area contributed by atoms with Crippen LogP contribution in [0.5, 0.6) is 0 Å². The summed E-state index contributed by atoms with van der Waals surface area (Å²) in [5.41, 5.74) is 0.838. The molecule has 0 unspecified atom stereocenters. The van der Waals surface area contributed by atoms with Gasteiger partial charge in [-0.1, -0.05) is 42.1 Å². The molecule has 1 aromatic carbocycles. The van der Waals surface area contributed by atoms with Crippen molar-refractivity contribution >= 4 is 24.0 Å². The Labute approximate surface area is 108 Å². The molecule has 0 aliphatic heterocycles. The molecule has 0 N–H and O–H groups in total. The lowest BCUT2D eigenvalue weighted by Gasteiger charge is -1.96. The first kappa shape index (κ1) is 12.5. The molecule has 1 heterocycles. The Morgan fingerprint density at radius 2 is 2.11 bits per heavy atom. The molecule has 0 bridgehead atoms. The normalized spacial score (nSPS) is 10.3. The van der Waals surface area contributed by atoms with Gasteiger partial charge in [-0.25, -0.2) is 4.98 Å². The number of aldehydes is 1. The van der Waals surface area contributed by atoms with Gasteiger partial charge in [-0.3, -0.25) is 4.79 Å². The molecule has 0 aliphatic carbocycles. The second kappa shape index (κ2) is 5.59. The summed E-state index contributed by atoms with van der Waals surface area (Å²) in [4.78, 5) is 26.1. The molecule has 0 saturated heterocycles. The zero-order chi connectivity index (χ0) is 13.0. The van der Waals surface area contributed by atoms with Gasteiger partial charge in [0, 0.05) is 12.5 Å². The van der Waals surface area contributed by atoms with Crippen molar-refractivity contribution in [3.63, 3.8) is 0 Å². The molecule has 0 fully saturated rings. The molecule has 1 aromatic heterocycles. The molecule has 0 spiro atoms. The predicted octanol–water partition coefficient (Wildman–Crippen LogP) is 1.90. The minimum absolute atomic E-state index is 0.224. The van der Waals surface area contributed by atoms with Gasteiger partial charge in [0.2, 0.25) is 5.91 Å². The molecular weight excluding hydrogens is 250 g/mol. The summed E-state index contributed by atoms with van der Waals surface area (Å²) >= 11 is 1.19. The van der Waals surface area contributed by atoms with Crippen LogP contribution < -0.4 is 0 Å². The SMILES string of the molecule is CC(=O)n1nc(-c2ccccc2)nc1SCC=O. The Kier molecular flexibility index (Phi) is 3.88. The number of carbonyl (C=O) groups excluding carboxylic acids is 2. The molecular formula is C12H11N3O2S. The first-order valence-corrected chi connectivity index (χ1v) is 6.31. The quantitative estimate of drug-likeness (QED) is 0.621. The average molecular weight is 261 g/mol. The first-order valence-electron chi connectivity index (χ1n) is 5.32. The molecule has 0 amide bonds. The summed E-state index contributed by atoms with van der Waals surface area (Å²) in [7, 11) is 0. The Hall–Kier alpha value is -1.95. The number of benzene rings is 1. The van der Waals surface area contributed by atoms with Crippen molar-refractivity contribution in [1.29, 1.82) is 0 Å². The number of aromatic nitrogens is 3. The minimum atomic E-state index is -0.224. The lowest BCUT2D eigenvalue weighted by molar-refractivity contribution is -0.105. The Balaban J connectivity index is 2.39. The van der Waals surface area contributed by atoms with Gasteiger partial charge in [0.25, 0.3) is 0 Å². The predicted molar refractivity (Wildman–Crippen MR) is 68.5 cm³/mol. The van der Waals surface area contributed by atoms with Gasteiger partial charge in [-0.05, 0) is 0 Å². The van der Waals surface area contributed by atoms with E-state index >= 15 is 0 Å². The maximum Gasteiger partial charge on any atom is 0.246 e. The monoisotopic (exact) mass is 261 g/mol. The fraction of sp³-hybridized carbons (Fsp3) is 0.167. The Bertz CT molecular complexity index is 566. The van der Waals surface area contributed by atoms with Crippen LogP contribution in [-0.2, 0) is 4.79 Å². The van der Waals surface area contributed by atoms with Crippen LogP contribution >= 0.6 is 11.8 Å². The Morgan fingerprint density at radius 3 is 2.72 bits per heavy atom. The molecule has 18 heavy (non-hydrogen) atoms. The smallest absolute Gasteiger partial charge is 0.246 e. The number of hydrogen-bond acceptors (Lipinski definition) is 5. The Morgan fingerprint density at radius 1 is 1.39 bits per heavy atom. The van der Waals surface area contributed by atoms with Crippen molar-refractivity contribution in [3.8, 4) is 11.4 Å². The van der Waals surface area contributed by atoms with Crippen LogP contribution in [0.15, 0.2) is 35.5 Å². The third-order valence-electron chi connectivity index (χ3n) is 2.19. The number of thioether (sulfide) groups is 1. The lowest BCUT2D eigenvalue weighted by atomic mass is 10.2. The van der Waals surface area contributed by atoms with E-state index in [2.05, 4.69) is 10.1 Å². The van der Waals surface area contributed by atoms with Crippen LogP contribution in [0.3, 0.4) is 0 Å². The topological polar surface area (TPSA) is 64.8 Å². The summed E-state index contributed by atoms with van der Waals surface area (Å²) in [6, 6.07) is 9.39. The van der Waals surface area contributed by atoms with E-state index in [1.165, 1.54) is 23.4 Å². The van der Waals surface area contributed by atoms with Crippen LogP contribution in [0.4, 0.5) is 0 Å². The van der Waals surface area contributed by atoms with Crippen molar-refractivity contribution in [1.82, 2.24) is 14.8 Å². The fourth-order valence-corrected chi connectivity index (χ4v) is 2.07. The van der Waals surface area contributed by atoms with Gasteiger partial charge in [0.1, 0.15) is 6.29 Å². The molecule has 6 heteroatoms. The van der Waals surface area contributed by atoms with Gasteiger partial charge < -0.3 is 4.79 Å². The fourth-order valence-electron chi connectivity index (χ4n) is 1.41. The molecule has 0 aliphatic rings. The van der Waals surface area contributed by atoms with E-state index in [0.717, 1.165) is 11.8 Å². The molecule has 5 nitrogen and oxygen atoms in total. The van der Waals surface area contributed by atoms with Crippen LogP contribution in [0.25, 0.3) is 11.4 Å². The maximum atomic E-state index is 11.4. The van der Waals surface area contributed by atoms with E-state index in [-0.39, 0.29) is 11.7 Å². The zero-order valence-corrected chi connectivity index (χ0v) is 10.6. The van der Waals surface area contributed by atoms with Crippen LogP contribution in [0.1, 0.15) is 11.7 Å². The third-order valence-corrected chi connectivity index (χ3v) is 3.01. The standard InChI is InChI=1S/C12H11N3O2S/c1-9(17)15-12(18-8-7-16)13-11(14-15)10-5-3-2-4-6-10/h2-7H,8H2,1H3. The van der Waals surface area contributed by atoms with E-state index in [4.69, 9.17) is 0 Å². The van der Waals surface area contributed by atoms with Crippen molar-refractivity contribution in [2.24, 2.45) is 0 Å². The van der Waals surface area contributed by atoms with Gasteiger partial charge >= 0.3 is 0 Å². The van der Waals surface area contributed by atoms with Crippen LogP contribution in [0.2, 0.25) is 0 Å². The van der Waals surface area contributed by atoms with Gasteiger partial charge in [-0.15, -0.1) is 5.10 Å². The summed E-state index contributed by atoms with van der Waals surface area (Å²) in [6.07, 6.45) is 0.770. The number of carbonyl (C=O) groups is 2. The second-order valence-electron chi connectivity index (χ2n) is 3.49. The zero-order valence-electron chi connectivity index (χ0n) is 9.74. The number of nitrogens with zero attached hydrogens (tertiary/aromatic N) is 3. The number of rotatable bonds is 4. The van der Waals surface area contributed by atoms with E-state index < -0.39 is 0 Å². The lowest BCUT2D eigenvalue weighted by Crippen LogP contribution is -2.09. The van der Waals surface area contributed by atoms with Gasteiger partial charge in [0.15, 0.2) is 11.0 Å². The second-order valence-corrected chi connectivity index (χ2v) is 4.48. The van der Waals surface area contributed by atoms with Crippen molar-refractivity contribution in [3.05, 3.63) is 30.3 Å². The summed E-state index contributed by atoms with van der Waals surface area (Å²) in [5.74, 6) is 0.512. The highest BCUT2D eigenvalue weighted by molar-refractivity contribution is 7.99. The molecule has 0 saturated carbocycles. The summed E-state index contributed by atoms with van der Waals surface area (Å²) in [5, 5.41) is 4.59. The summed E-state index contributed by atoms with van der Waals surface area (Å²) in [6.45, 7) is 1.41. The van der Waals surface area contributed by atoms with E-state index in [1.807, 2.05) is 30.3 Å². The van der Waals surface area contributed by atoms with E-state index in [1.54, 1.807) is 0 Å². The van der Waals surface area contributed by atoms with Gasteiger partial charge in [0.05, 0.1) is 5.75 Å². The molecule has 2 rings (SSSR count). The van der Waals surface area contributed by atoms with Crippen LogP contribution in [-0.4, -0.2) is 32.7 Å². The van der Waals surface area contributed by atoms with Crippen molar-refractivity contribution in [2.75, 3.05) is 5.75 Å². The largest absolute Gasteiger partial charge is 0.302 e. The molecule has 0 atom stereocenters. The highest BCUT2D eigenvalue weighted by Gasteiger charge is 2.14. The highest BCUT2D eigenvalue weighted by Crippen LogP contribution is 2.20. The third kappa shape index (κ3) is 2.65. The average Bonchev–Trinajstić information content (AvgIpc) is 2.81. The maximum absolute atomic E-state index is 11.4. The summed E-state index contributed by atoms with van der Waals surface area (Å²) < 4.78 is 1.22. The van der Waals surface area contributed by atoms with Crippen molar-refractivity contribution < 1.29 is 9.59 Å². The molecule has 0 radical (unpaired) electrons. The minimum Gasteiger partial charge on any atom is -0.302 e. The highest BCUT2D eigenvalue weighted by atomic mass is 32.2. The van der Waals surface area contributed by atoms with Gasteiger partial charge in [-0.2, -0.15) is 4.68 Å². The van der Waals surface area contributed by atoms with Crippen LogP contribution in [0, 0.1) is 0 Å². The van der Waals surface area contributed by atoms with Crippen molar-refractivity contribution in [2.45, 2.75) is 12.1 Å². The van der Waals surface area contributed by atoms with E-state index in [9.17, 15) is 9.59 Å². The molecule has 2 aromatic rings.